The first-order valence-electron chi connectivity index (χ1n) is 4.23. The van der Waals surface area contributed by atoms with Crippen molar-refractivity contribution >= 4 is 39.2 Å². The highest BCUT2D eigenvalue weighted by molar-refractivity contribution is 9.10. The average molecular weight is 305 g/mol. The minimum Gasteiger partial charge on any atom is -0.494 e. The highest BCUT2D eigenvalue weighted by Crippen LogP contribution is 2.22. The van der Waals surface area contributed by atoms with Crippen molar-refractivity contribution in [3.63, 3.8) is 0 Å². The van der Waals surface area contributed by atoms with Gasteiger partial charge >= 0.3 is 5.97 Å². The Balaban J connectivity index is 2.94. The molecule has 1 aromatic rings. The lowest BCUT2D eigenvalue weighted by atomic mass is 10.3. The van der Waals surface area contributed by atoms with E-state index in [1.54, 1.807) is 6.07 Å². The zero-order valence-corrected chi connectivity index (χ0v) is 10.8. The van der Waals surface area contributed by atoms with Gasteiger partial charge in [0.05, 0.1) is 13.7 Å². The van der Waals surface area contributed by atoms with Crippen molar-refractivity contribution in [3.8, 4) is 5.75 Å². The quantitative estimate of drug-likeness (QED) is 0.664. The van der Waals surface area contributed by atoms with Crippen molar-refractivity contribution in [2.45, 2.75) is 0 Å². The van der Waals surface area contributed by atoms with E-state index < -0.39 is 5.97 Å². The van der Waals surface area contributed by atoms with Gasteiger partial charge in [0, 0.05) is 10.7 Å². The van der Waals surface area contributed by atoms with Gasteiger partial charge in [0.15, 0.2) is 5.69 Å². The van der Waals surface area contributed by atoms with Gasteiger partial charge in [-0.15, -0.1) is 0 Å². The first kappa shape index (κ1) is 13.0. The Bertz CT molecular complexity index is 425. The molecule has 0 unspecified atom stereocenters. The van der Waals surface area contributed by atoms with Gasteiger partial charge in [-0.25, -0.2) is 4.98 Å². The maximum atomic E-state index is 10.9. The third kappa shape index (κ3) is 3.22. The van der Waals surface area contributed by atoms with Gasteiger partial charge < -0.3 is 15.2 Å². The lowest BCUT2D eigenvalue weighted by Crippen LogP contribution is -2.21. The van der Waals surface area contributed by atoms with Crippen LogP contribution in [0.3, 0.4) is 0 Å². The van der Waals surface area contributed by atoms with Gasteiger partial charge in [0.25, 0.3) is 0 Å². The normalized spacial score (nSPS) is 9.69. The average Bonchev–Trinajstić information content (AvgIpc) is 2.28. The van der Waals surface area contributed by atoms with Gasteiger partial charge in [0.1, 0.15) is 5.75 Å². The number of esters is 1. The maximum Gasteiger partial charge on any atom is 0.325 e. The third-order valence-corrected chi connectivity index (χ3v) is 2.32. The van der Waals surface area contributed by atoms with E-state index in [0.717, 1.165) is 4.47 Å². The number of methoxy groups -OCH3 is 1. The highest BCUT2D eigenvalue weighted by atomic mass is 79.9. The molecule has 7 heteroatoms. The van der Waals surface area contributed by atoms with E-state index in [4.69, 9.17) is 27.4 Å². The van der Waals surface area contributed by atoms with Crippen LogP contribution in [0.25, 0.3) is 0 Å². The van der Waals surface area contributed by atoms with E-state index in [9.17, 15) is 4.79 Å². The van der Waals surface area contributed by atoms with Crippen LogP contribution in [0.15, 0.2) is 16.7 Å². The number of carbonyl (C=O) groups excluding carboxylic acids is 1. The summed E-state index contributed by atoms with van der Waals surface area (Å²) in [5, 5.41) is -0.0557. The van der Waals surface area contributed by atoms with Gasteiger partial charge in [-0.3, -0.25) is 4.79 Å². The van der Waals surface area contributed by atoms with Gasteiger partial charge in [-0.2, -0.15) is 0 Å². The van der Waals surface area contributed by atoms with Crippen LogP contribution < -0.4 is 10.5 Å². The Morgan fingerprint density at radius 1 is 1.69 bits per heavy atom. The molecule has 0 saturated carbocycles. The summed E-state index contributed by atoms with van der Waals surface area (Å²) in [6.45, 7) is -0.237. The van der Waals surface area contributed by atoms with E-state index in [1.165, 1.54) is 13.3 Å². The summed E-state index contributed by atoms with van der Waals surface area (Å²) in [6, 6.07) is 1.67. The smallest absolute Gasteiger partial charge is 0.325 e. The summed E-state index contributed by atoms with van der Waals surface area (Å²) < 4.78 is 10.6. The fourth-order valence-corrected chi connectivity index (χ4v) is 1.48. The number of carbonyl (C=O) groups is 1. The molecule has 0 atom stereocenters. The molecule has 1 rings (SSSR count). The number of rotatable bonds is 3. The van der Waals surface area contributed by atoms with Crippen LogP contribution in [0.4, 0.5) is 0 Å². The number of aromatic nitrogens is 1. The topological polar surface area (TPSA) is 74.4 Å². The summed E-state index contributed by atoms with van der Waals surface area (Å²) in [4.78, 5) is 15.0. The summed E-state index contributed by atoms with van der Waals surface area (Å²) in [5.74, 6) is -0.194. The predicted molar refractivity (Wildman–Crippen MR) is 65.3 cm³/mol. The second-order valence-electron chi connectivity index (χ2n) is 2.67. The molecule has 0 radical (unpaired) electrons. The molecule has 0 aliphatic rings. The fraction of sp³-hybridized carbons (Fsp3) is 0.222. The molecular weight excluding hydrogens is 296 g/mol. The molecule has 0 aliphatic carbocycles. The van der Waals surface area contributed by atoms with Gasteiger partial charge in [-0.1, -0.05) is 0 Å². The Kier molecular flexibility index (Phi) is 4.78. The van der Waals surface area contributed by atoms with E-state index in [2.05, 4.69) is 20.9 Å². The standard InChI is InChI=1S/C9H9BrN2O3S/c1-14-6-2-5(10)4-12-8(6)9(16)15-7(13)3-11/h2,4H,3,11H2,1H3. The third-order valence-electron chi connectivity index (χ3n) is 1.61. The molecule has 0 fully saturated rings. The number of thiocarbonyl (C=S) groups is 1. The van der Waals surface area contributed by atoms with E-state index in [1.807, 2.05) is 0 Å². The van der Waals surface area contributed by atoms with E-state index >= 15 is 0 Å². The highest BCUT2D eigenvalue weighted by Gasteiger charge is 2.14. The zero-order valence-electron chi connectivity index (χ0n) is 8.40. The van der Waals surface area contributed by atoms with Crippen molar-refractivity contribution in [3.05, 3.63) is 22.4 Å². The summed E-state index contributed by atoms with van der Waals surface area (Å²) in [6.07, 6.45) is 1.53. The van der Waals surface area contributed by atoms with Gasteiger partial charge in [-0.05, 0) is 34.2 Å². The van der Waals surface area contributed by atoms with Gasteiger partial charge in [0.2, 0.25) is 5.05 Å². The number of halogens is 1. The molecule has 0 amide bonds. The number of ether oxygens (including phenoxy) is 2. The second kappa shape index (κ2) is 5.88. The zero-order chi connectivity index (χ0) is 12.1. The first-order chi connectivity index (χ1) is 7.58. The Hall–Kier alpha value is -1.05. The molecule has 86 valence electrons. The predicted octanol–water partition coefficient (Wildman–Crippen LogP) is 1.03. The first-order valence-corrected chi connectivity index (χ1v) is 5.43. The van der Waals surface area contributed by atoms with Crippen molar-refractivity contribution in [1.82, 2.24) is 4.98 Å². The molecule has 1 aromatic heterocycles. The number of nitrogens with two attached hydrogens (primary N) is 1. The molecule has 0 aliphatic heterocycles. The summed E-state index contributed by atoms with van der Waals surface area (Å²) >= 11 is 8.14. The Morgan fingerprint density at radius 2 is 2.38 bits per heavy atom. The molecular formula is C9H9BrN2O3S. The number of hydrogen-bond acceptors (Lipinski definition) is 6. The summed E-state index contributed by atoms with van der Waals surface area (Å²) in [5.41, 5.74) is 5.39. The fourth-order valence-electron chi connectivity index (χ4n) is 0.923. The van der Waals surface area contributed by atoms with Crippen LogP contribution in [0.2, 0.25) is 0 Å². The van der Waals surface area contributed by atoms with Crippen molar-refractivity contribution in [2.75, 3.05) is 13.7 Å². The molecule has 0 spiro atoms. The molecule has 2 N–H and O–H groups in total. The van der Waals surface area contributed by atoms with Crippen molar-refractivity contribution in [1.29, 1.82) is 0 Å². The number of pyridine rings is 1. The molecule has 0 bridgehead atoms. The van der Waals surface area contributed by atoms with Crippen LogP contribution >= 0.6 is 28.1 Å². The van der Waals surface area contributed by atoms with Crippen LogP contribution in [0.5, 0.6) is 5.75 Å². The molecule has 0 aromatic carbocycles. The molecule has 0 saturated heterocycles. The van der Waals surface area contributed by atoms with E-state index in [-0.39, 0.29) is 11.6 Å². The largest absolute Gasteiger partial charge is 0.494 e. The minimum atomic E-state index is -0.614. The van der Waals surface area contributed by atoms with Crippen LogP contribution in [0.1, 0.15) is 5.69 Å². The van der Waals surface area contributed by atoms with Crippen molar-refractivity contribution in [2.24, 2.45) is 5.73 Å². The minimum absolute atomic E-state index is 0.0557. The number of hydrogen-bond donors (Lipinski definition) is 1. The van der Waals surface area contributed by atoms with Crippen molar-refractivity contribution < 1.29 is 14.3 Å². The van der Waals surface area contributed by atoms with Crippen LogP contribution in [0, 0.1) is 0 Å². The van der Waals surface area contributed by atoms with Crippen LogP contribution in [-0.4, -0.2) is 29.7 Å². The lowest BCUT2D eigenvalue weighted by molar-refractivity contribution is -0.133. The molecule has 5 nitrogen and oxygen atoms in total. The number of nitrogens with zero attached hydrogens (tertiary/aromatic N) is 1. The SMILES string of the molecule is COc1cc(Br)cnc1C(=S)OC(=O)CN. The lowest BCUT2D eigenvalue weighted by Gasteiger charge is -2.08. The maximum absolute atomic E-state index is 10.9. The Morgan fingerprint density at radius 3 is 2.94 bits per heavy atom. The monoisotopic (exact) mass is 304 g/mol. The van der Waals surface area contributed by atoms with Crippen LogP contribution in [-0.2, 0) is 9.53 Å². The Labute approximate surface area is 106 Å². The molecule has 16 heavy (non-hydrogen) atoms. The second-order valence-corrected chi connectivity index (χ2v) is 3.96. The summed E-state index contributed by atoms with van der Waals surface area (Å²) in [7, 11) is 1.47. The van der Waals surface area contributed by atoms with E-state index in [0.29, 0.717) is 11.4 Å². The molecule has 1 heterocycles.